The zero-order chi connectivity index (χ0) is 24.7. The van der Waals surface area contributed by atoms with Crippen molar-refractivity contribution in [3.63, 3.8) is 0 Å². The Kier molecular flexibility index (Phi) is 6.57. The first-order chi connectivity index (χ1) is 16.0. The van der Waals surface area contributed by atoms with Crippen LogP contribution in [-0.4, -0.2) is 30.0 Å². The normalized spacial score (nSPS) is 15.7. The third-order valence-corrected chi connectivity index (χ3v) is 7.94. The molecule has 0 spiro atoms. The van der Waals surface area contributed by atoms with Crippen LogP contribution in [0.25, 0.3) is 0 Å². The lowest BCUT2D eigenvalue weighted by molar-refractivity contribution is 0.191. The molecule has 3 aromatic rings. The molecule has 1 aliphatic heterocycles. The Labute approximate surface area is 202 Å². The lowest BCUT2D eigenvalue weighted by Gasteiger charge is -2.34. The number of anilines is 1. The average molecular weight is 483 g/mol. The third kappa shape index (κ3) is 4.88. The molecule has 34 heavy (non-hydrogen) atoms. The van der Waals surface area contributed by atoms with Gasteiger partial charge in [0.05, 0.1) is 4.90 Å². The van der Waals surface area contributed by atoms with Gasteiger partial charge in [-0.25, -0.2) is 8.42 Å². The number of hydrogen-bond donors (Lipinski definition) is 1. The van der Waals surface area contributed by atoms with Crippen LogP contribution in [-0.2, 0) is 34.8 Å². The zero-order valence-corrected chi connectivity index (χ0v) is 21.7. The number of aryl methyl sites for hydroxylation is 1. The van der Waals surface area contributed by atoms with Crippen LogP contribution in [0.5, 0.6) is 0 Å². The molecule has 1 aliphatic rings. The molecule has 8 heteroatoms. The highest BCUT2D eigenvalue weighted by Gasteiger charge is 2.28. The van der Waals surface area contributed by atoms with E-state index in [2.05, 4.69) is 45.7 Å². The molecular formula is C26H34N4O3S. The van der Waals surface area contributed by atoms with Crippen molar-refractivity contribution in [3.05, 3.63) is 70.2 Å². The Morgan fingerprint density at radius 2 is 1.94 bits per heavy atom. The molecular weight excluding hydrogens is 448 g/mol. The summed E-state index contributed by atoms with van der Waals surface area (Å²) in [7, 11) is -3.80. The maximum absolute atomic E-state index is 13.2. The molecule has 0 saturated heterocycles. The largest absolute Gasteiger partial charge is 0.358 e. The lowest BCUT2D eigenvalue weighted by Crippen LogP contribution is -2.33. The fourth-order valence-electron chi connectivity index (χ4n) is 4.47. The van der Waals surface area contributed by atoms with Crippen molar-refractivity contribution in [2.24, 2.45) is 0 Å². The van der Waals surface area contributed by atoms with Crippen molar-refractivity contribution in [2.75, 3.05) is 11.3 Å². The van der Waals surface area contributed by atoms with Gasteiger partial charge in [0.2, 0.25) is 0 Å². The van der Waals surface area contributed by atoms with Crippen molar-refractivity contribution >= 4 is 15.8 Å². The van der Waals surface area contributed by atoms with Gasteiger partial charge in [-0.05, 0) is 61.6 Å². The molecule has 1 aromatic carbocycles. The first-order valence-corrected chi connectivity index (χ1v) is 13.3. The van der Waals surface area contributed by atoms with Crippen molar-refractivity contribution < 1.29 is 12.9 Å². The van der Waals surface area contributed by atoms with Crippen LogP contribution in [0.15, 0.2) is 45.9 Å². The van der Waals surface area contributed by atoms with E-state index in [0.29, 0.717) is 17.9 Å². The van der Waals surface area contributed by atoms with Crippen LogP contribution in [0.4, 0.5) is 5.82 Å². The van der Waals surface area contributed by atoms with E-state index in [1.807, 2.05) is 40.0 Å². The second-order valence-electron chi connectivity index (χ2n) is 10.1. The molecule has 0 fully saturated rings. The Morgan fingerprint density at radius 1 is 1.18 bits per heavy atom. The second-order valence-corrected chi connectivity index (χ2v) is 11.8. The molecule has 0 unspecified atom stereocenters. The summed E-state index contributed by atoms with van der Waals surface area (Å²) in [5.41, 5.74) is 4.91. The third-order valence-electron chi connectivity index (χ3n) is 6.61. The van der Waals surface area contributed by atoms with Crippen LogP contribution >= 0.6 is 0 Å². The van der Waals surface area contributed by atoms with Gasteiger partial charge < -0.3 is 4.52 Å². The van der Waals surface area contributed by atoms with Gasteiger partial charge in [0.15, 0.2) is 5.82 Å². The summed E-state index contributed by atoms with van der Waals surface area (Å²) in [6.45, 7) is 13.7. The maximum Gasteiger partial charge on any atom is 0.263 e. The van der Waals surface area contributed by atoms with Crippen LogP contribution in [0, 0.1) is 6.92 Å². The van der Waals surface area contributed by atoms with Gasteiger partial charge in [-0.1, -0.05) is 45.0 Å². The van der Waals surface area contributed by atoms with E-state index in [-0.39, 0.29) is 22.2 Å². The van der Waals surface area contributed by atoms with Gasteiger partial charge in [-0.2, -0.15) is 0 Å². The molecule has 1 N–H and O–H groups in total. The summed E-state index contributed by atoms with van der Waals surface area (Å²) in [5.74, 6) is 0.905. The zero-order valence-electron chi connectivity index (χ0n) is 20.8. The van der Waals surface area contributed by atoms with Gasteiger partial charge >= 0.3 is 0 Å². The van der Waals surface area contributed by atoms with Crippen LogP contribution in [0.1, 0.15) is 74.4 Å². The number of nitrogens with one attached hydrogen (secondary N) is 1. The molecule has 4 rings (SSSR count). The topological polar surface area (TPSA) is 88.3 Å². The SMILES string of the molecule is CCc1ccc([C@@H](C)N2CCc3ccc(S(=O)(=O)Nc4noc(C(C)(C)C)c4C)cc3C2)cn1. The second kappa shape index (κ2) is 9.15. The molecule has 2 aromatic heterocycles. The highest BCUT2D eigenvalue weighted by atomic mass is 32.2. The monoisotopic (exact) mass is 482 g/mol. The van der Waals surface area contributed by atoms with Gasteiger partial charge in [-0.3, -0.25) is 14.6 Å². The number of benzene rings is 1. The highest BCUT2D eigenvalue weighted by Crippen LogP contribution is 2.32. The van der Waals surface area contributed by atoms with E-state index < -0.39 is 10.0 Å². The van der Waals surface area contributed by atoms with Gasteiger partial charge in [0, 0.05) is 42.0 Å². The smallest absolute Gasteiger partial charge is 0.263 e. The maximum atomic E-state index is 13.2. The Hall–Kier alpha value is -2.71. The van der Waals surface area contributed by atoms with Crippen LogP contribution < -0.4 is 4.72 Å². The minimum Gasteiger partial charge on any atom is -0.358 e. The molecule has 0 radical (unpaired) electrons. The first kappa shape index (κ1) is 24.4. The number of aromatic nitrogens is 2. The summed E-state index contributed by atoms with van der Waals surface area (Å²) >= 11 is 0. The summed E-state index contributed by atoms with van der Waals surface area (Å²) in [6, 6.07) is 9.81. The molecule has 3 heterocycles. The van der Waals surface area contributed by atoms with Crippen molar-refractivity contribution in [1.82, 2.24) is 15.0 Å². The van der Waals surface area contributed by atoms with E-state index in [0.717, 1.165) is 30.6 Å². The summed E-state index contributed by atoms with van der Waals surface area (Å²) < 4.78 is 34.4. The van der Waals surface area contributed by atoms with Gasteiger partial charge in [-0.15, -0.1) is 0 Å². The van der Waals surface area contributed by atoms with Crippen LogP contribution in [0.3, 0.4) is 0 Å². The predicted molar refractivity (Wildman–Crippen MR) is 133 cm³/mol. The minimum atomic E-state index is -3.80. The Morgan fingerprint density at radius 3 is 2.56 bits per heavy atom. The number of pyridine rings is 1. The number of hydrogen-bond acceptors (Lipinski definition) is 6. The van der Waals surface area contributed by atoms with E-state index in [1.54, 1.807) is 12.1 Å². The number of nitrogens with zero attached hydrogens (tertiary/aromatic N) is 3. The molecule has 0 saturated carbocycles. The van der Waals surface area contributed by atoms with Gasteiger partial charge in [0.25, 0.3) is 10.0 Å². The van der Waals surface area contributed by atoms with Crippen molar-refractivity contribution in [2.45, 2.75) is 77.3 Å². The summed E-state index contributed by atoms with van der Waals surface area (Å²) in [4.78, 5) is 7.14. The van der Waals surface area contributed by atoms with Crippen molar-refractivity contribution in [1.29, 1.82) is 0 Å². The van der Waals surface area contributed by atoms with Gasteiger partial charge in [0.1, 0.15) is 5.76 Å². The minimum absolute atomic E-state index is 0.193. The highest BCUT2D eigenvalue weighted by molar-refractivity contribution is 7.92. The standard InChI is InChI=1S/C26H34N4O3S/c1-7-22-10-8-20(15-27-22)18(3)30-13-12-19-9-11-23(14-21(19)16-30)34(31,32)29-25-17(2)24(33-28-25)26(4,5)6/h8-11,14-15,18H,7,12-13,16H2,1-6H3,(H,28,29)/t18-/m1/s1. The molecule has 0 amide bonds. The molecule has 0 bridgehead atoms. The summed E-state index contributed by atoms with van der Waals surface area (Å²) in [6.07, 6.45) is 3.75. The summed E-state index contributed by atoms with van der Waals surface area (Å²) in [5, 5.41) is 3.98. The fraction of sp³-hybridized carbons (Fsp3) is 0.462. The van der Waals surface area contributed by atoms with Crippen molar-refractivity contribution in [3.8, 4) is 0 Å². The molecule has 1 atom stereocenters. The molecule has 0 aliphatic carbocycles. The molecule has 182 valence electrons. The van der Waals surface area contributed by atoms with E-state index in [1.165, 1.54) is 11.1 Å². The number of rotatable bonds is 6. The fourth-order valence-corrected chi connectivity index (χ4v) is 5.58. The van der Waals surface area contributed by atoms with E-state index >= 15 is 0 Å². The Balaban J connectivity index is 1.55. The van der Waals surface area contributed by atoms with E-state index in [9.17, 15) is 8.42 Å². The first-order valence-electron chi connectivity index (χ1n) is 11.8. The number of fused-ring (bicyclic) bond motifs is 1. The number of sulfonamides is 1. The quantitative estimate of drug-likeness (QED) is 0.522. The van der Waals surface area contributed by atoms with Crippen LogP contribution in [0.2, 0.25) is 0 Å². The molecule has 7 nitrogen and oxygen atoms in total. The van der Waals surface area contributed by atoms with E-state index in [4.69, 9.17) is 4.52 Å². The average Bonchev–Trinajstić information content (AvgIpc) is 3.17. The lowest BCUT2D eigenvalue weighted by atomic mass is 9.91. The predicted octanol–water partition coefficient (Wildman–Crippen LogP) is 5.16. The Bertz CT molecular complexity index is 1270.